The molecule has 0 unspecified atom stereocenters. The minimum Gasteiger partial charge on any atom is -0.460 e. The highest BCUT2D eigenvalue weighted by atomic mass is 16.5. The largest absolute Gasteiger partial charge is 0.460 e. The number of ether oxygens (including phenoxy) is 1. The summed E-state index contributed by atoms with van der Waals surface area (Å²) in [4.78, 5) is 11.6. The fraction of sp³-hybridized carbons (Fsp3) is 0.560. The number of rotatable bonds is 6. The minimum absolute atomic E-state index is 0.0883. The molecule has 0 aromatic heterocycles. The maximum Gasteiger partial charge on any atom is 0.331 e. The van der Waals surface area contributed by atoms with E-state index in [1.165, 1.54) is 42.1 Å². The van der Waals surface area contributed by atoms with Crippen LogP contribution in [0, 0.1) is 5.41 Å². The van der Waals surface area contributed by atoms with Crippen molar-refractivity contribution in [1.29, 1.82) is 0 Å². The monoisotopic (exact) mass is 372 g/mol. The van der Waals surface area contributed by atoms with Gasteiger partial charge in [0.25, 0.3) is 0 Å². The first-order valence-electron chi connectivity index (χ1n) is 10.2. The number of carbonyl (C=O) groups excluding carboxylic acids is 1. The van der Waals surface area contributed by atoms with Gasteiger partial charge in [0, 0.05) is 6.08 Å². The van der Waals surface area contributed by atoms with E-state index in [0.29, 0.717) is 0 Å². The van der Waals surface area contributed by atoms with Crippen LogP contribution >= 0.6 is 0 Å². The molecular weight excluding hydrogens is 332 g/mol. The lowest BCUT2D eigenvalue weighted by atomic mass is 9.72. The van der Waals surface area contributed by atoms with Crippen molar-refractivity contribution < 1.29 is 9.53 Å². The van der Waals surface area contributed by atoms with Crippen LogP contribution in [0.1, 0.15) is 81.6 Å². The number of allylic oxidation sites excluding steroid dienone is 9. The molecule has 0 bridgehead atoms. The van der Waals surface area contributed by atoms with E-state index in [-0.39, 0.29) is 17.5 Å². The highest BCUT2D eigenvalue weighted by Gasteiger charge is 2.26. The molecule has 27 heavy (non-hydrogen) atoms. The Kier molecular flexibility index (Phi) is 11.7. The molecule has 0 spiro atoms. The van der Waals surface area contributed by atoms with Gasteiger partial charge in [-0.2, -0.15) is 0 Å². The number of hydrogen-bond donors (Lipinski definition) is 0. The molecule has 1 rings (SSSR count). The van der Waals surface area contributed by atoms with Gasteiger partial charge in [0.1, 0.15) is 0 Å². The second-order valence-electron chi connectivity index (χ2n) is 7.91. The SMILES string of the molecule is CC.CC1=C(/C=C/C(C)=C/C=C/C(C)=C/C(=O)OC(C)C)C(C)(C)CCC1. The Morgan fingerprint density at radius 1 is 1.11 bits per heavy atom. The lowest BCUT2D eigenvalue weighted by Gasteiger charge is -2.32. The standard InChI is InChI=1S/C23H34O2.C2H6/c1-17(2)25-22(24)16-19(4)11-8-10-18(3)13-14-21-20(5)12-9-15-23(21,6)7;1-2/h8,10-11,13-14,16-17H,9,12,15H2,1-7H3;1-2H3/b11-8+,14-13+,18-10+,19-16+;. The maximum absolute atomic E-state index is 11.6. The third kappa shape index (κ3) is 10.2. The van der Waals surface area contributed by atoms with Crippen LogP contribution in [0.2, 0.25) is 0 Å². The van der Waals surface area contributed by atoms with E-state index in [1.54, 1.807) is 0 Å². The van der Waals surface area contributed by atoms with Gasteiger partial charge < -0.3 is 4.74 Å². The molecule has 0 N–H and O–H groups in total. The van der Waals surface area contributed by atoms with Crippen molar-refractivity contribution in [2.75, 3.05) is 0 Å². The third-order valence-corrected chi connectivity index (χ3v) is 4.47. The minimum atomic E-state index is -0.292. The normalized spacial score (nSPS) is 18.1. The summed E-state index contributed by atoms with van der Waals surface area (Å²) in [6, 6.07) is 0. The number of esters is 1. The van der Waals surface area contributed by atoms with Crippen molar-refractivity contribution in [2.24, 2.45) is 5.41 Å². The predicted molar refractivity (Wildman–Crippen MR) is 119 cm³/mol. The molecule has 0 amide bonds. The van der Waals surface area contributed by atoms with Gasteiger partial charge in [0.2, 0.25) is 0 Å². The lowest BCUT2D eigenvalue weighted by Crippen LogP contribution is -2.19. The Morgan fingerprint density at radius 3 is 2.30 bits per heavy atom. The molecular formula is C25H40O2. The molecule has 0 aliphatic heterocycles. The van der Waals surface area contributed by atoms with E-state index >= 15 is 0 Å². The highest BCUT2D eigenvalue weighted by Crippen LogP contribution is 2.40. The van der Waals surface area contributed by atoms with Crippen molar-refractivity contribution in [3.05, 3.63) is 58.7 Å². The topological polar surface area (TPSA) is 26.3 Å². The zero-order valence-electron chi connectivity index (χ0n) is 19.0. The van der Waals surface area contributed by atoms with Gasteiger partial charge in [-0.25, -0.2) is 4.79 Å². The third-order valence-electron chi connectivity index (χ3n) is 4.47. The van der Waals surface area contributed by atoms with Crippen molar-refractivity contribution in [2.45, 2.75) is 87.7 Å². The fourth-order valence-electron chi connectivity index (χ4n) is 3.13. The molecule has 0 saturated carbocycles. The van der Waals surface area contributed by atoms with Crippen molar-refractivity contribution in [3.63, 3.8) is 0 Å². The molecule has 1 aliphatic rings. The molecule has 0 aromatic carbocycles. The molecule has 152 valence electrons. The Labute approximate surface area is 167 Å². The van der Waals surface area contributed by atoms with E-state index in [1.807, 2.05) is 46.8 Å². The number of hydrogen-bond acceptors (Lipinski definition) is 2. The van der Waals surface area contributed by atoms with Crippen molar-refractivity contribution in [3.8, 4) is 0 Å². The highest BCUT2D eigenvalue weighted by molar-refractivity contribution is 5.83. The molecule has 1 aliphatic carbocycles. The number of carbonyl (C=O) groups is 1. The zero-order chi connectivity index (χ0) is 21.0. The van der Waals surface area contributed by atoms with Crippen LogP contribution in [-0.4, -0.2) is 12.1 Å². The summed E-state index contributed by atoms with van der Waals surface area (Å²) in [7, 11) is 0. The zero-order valence-corrected chi connectivity index (χ0v) is 19.0. The van der Waals surface area contributed by atoms with Gasteiger partial charge >= 0.3 is 5.97 Å². The van der Waals surface area contributed by atoms with Crippen LogP contribution in [0.4, 0.5) is 0 Å². The molecule has 2 heteroatoms. The van der Waals surface area contributed by atoms with E-state index < -0.39 is 0 Å². The molecule has 0 saturated heterocycles. The first kappa shape index (κ1) is 25.2. The average molecular weight is 373 g/mol. The van der Waals surface area contributed by atoms with Gasteiger partial charge in [0.05, 0.1) is 6.10 Å². The molecule has 0 fully saturated rings. The van der Waals surface area contributed by atoms with Crippen LogP contribution in [0.15, 0.2) is 58.7 Å². The van der Waals surface area contributed by atoms with Gasteiger partial charge in [-0.3, -0.25) is 0 Å². The van der Waals surface area contributed by atoms with Crippen molar-refractivity contribution >= 4 is 5.97 Å². The Morgan fingerprint density at radius 2 is 1.74 bits per heavy atom. The van der Waals surface area contributed by atoms with Crippen LogP contribution in [0.3, 0.4) is 0 Å². The van der Waals surface area contributed by atoms with E-state index in [2.05, 4.69) is 45.9 Å². The van der Waals surface area contributed by atoms with Gasteiger partial charge in [0.15, 0.2) is 0 Å². The van der Waals surface area contributed by atoms with E-state index in [0.717, 1.165) is 5.57 Å². The van der Waals surface area contributed by atoms with Gasteiger partial charge in [-0.05, 0) is 70.4 Å². The first-order valence-corrected chi connectivity index (χ1v) is 10.2. The summed E-state index contributed by atoms with van der Waals surface area (Å²) in [5.74, 6) is -0.292. The summed E-state index contributed by atoms with van der Waals surface area (Å²) in [6.45, 7) is 18.6. The predicted octanol–water partition coefficient (Wildman–Crippen LogP) is 7.50. The Hall–Kier alpha value is -1.83. The van der Waals surface area contributed by atoms with Crippen molar-refractivity contribution in [1.82, 2.24) is 0 Å². The van der Waals surface area contributed by atoms with E-state index in [9.17, 15) is 4.79 Å². The summed E-state index contributed by atoms with van der Waals surface area (Å²) < 4.78 is 5.10. The lowest BCUT2D eigenvalue weighted by molar-refractivity contribution is -0.141. The summed E-state index contributed by atoms with van der Waals surface area (Å²) >= 11 is 0. The second-order valence-corrected chi connectivity index (χ2v) is 7.91. The Bertz CT molecular complexity index is 623. The summed E-state index contributed by atoms with van der Waals surface area (Å²) in [6.07, 6.45) is 15.6. The van der Waals surface area contributed by atoms with Gasteiger partial charge in [-0.15, -0.1) is 0 Å². The molecule has 0 aromatic rings. The second kappa shape index (κ2) is 12.5. The summed E-state index contributed by atoms with van der Waals surface area (Å²) in [5, 5.41) is 0. The quantitative estimate of drug-likeness (QED) is 0.274. The maximum atomic E-state index is 11.6. The molecule has 0 atom stereocenters. The smallest absolute Gasteiger partial charge is 0.331 e. The Balaban J connectivity index is 0.00000326. The van der Waals surface area contributed by atoms with Crippen LogP contribution < -0.4 is 0 Å². The van der Waals surface area contributed by atoms with Crippen LogP contribution in [0.5, 0.6) is 0 Å². The molecule has 2 nitrogen and oxygen atoms in total. The van der Waals surface area contributed by atoms with Crippen LogP contribution in [-0.2, 0) is 9.53 Å². The summed E-state index contributed by atoms with van der Waals surface area (Å²) in [5.41, 5.74) is 5.33. The first-order chi connectivity index (χ1) is 12.6. The van der Waals surface area contributed by atoms with Crippen LogP contribution in [0.25, 0.3) is 0 Å². The molecule has 0 radical (unpaired) electrons. The average Bonchev–Trinajstić information content (AvgIpc) is 2.54. The molecule has 0 heterocycles. The van der Waals surface area contributed by atoms with E-state index in [4.69, 9.17) is 4.74 Å². The fourth-order valence-corrected chi connectivity index (χ4v) is 3.13. The van der Waals surface area contributed by atoms with Gasteiger partial charge in [-0.1, -0.05) is 69.2 Å².